The lowest BCUT2D eigenvalue weighted by atomic mass is 9.81. The molecule has 7 heteroatoms. The Morgan fingerprint density at radius 2 is 1.68 bits per heavy atom. The summed E-state index contributed by atoms with van der Waals surface area (Å²) in [5.74, 6) is 1.02. The van der Waals surface area contributed by atoms with Gasteiger partial charge in [-0.3, -0.25) is 4.79 Å². The van der Waals surface area contributed by atoms with E-state index in [1.807, 2.05) is 12.1 Å². The number of methoxy groups -OCH3 is 1. The molecule has 0 aromatic heterocycles. The Morgan fingerprint density at radius 3 is 2.38 bits per heavy atom. The third-order valence-corrected chi connectivity index (χ3v) is 7.50. The van der Waals surface area contributed by atoms with Gasteiger partial charge in [0.05, 0.1) is 20.3 Å². The zero-order valence-electron chi connectivity index (χ0n) is 20.4. The molecule has 2 aromatic rings. The molecule has 1 atom stereocenters. The second-order valence-electron chi connectivity index (χ2n) is 9.61. The molecule has 0 spiro atoms. The van der Waals surface area contributed by atoms with Crippen LogP contribution in [0.25, 0.3) is 0 Å². The summed E-state index contributed by atoms with van der Waals surface area (Å²) in [5, 5.41) is 3.17. The summed E-state index contributed by atoms with van der Waals surface area (Å²) in [4.78, 5) is 20.4. The molecule has 0 radical (unpaired) electrons. The molecule has 182 valence electrons. The first-order valence-electron chi connectivity index (χ1n) is 12.5. The number of carbonyl (C=O) groups excluding carboxylic acids is 1. The summed E-state index contributed by atoms with van der Waals surface area (Å²) in [6, 6.07) is 12.5. The van der Waals surface area contributed by atoms with Crippen molar-refractivity contribution in [3.05, 3.63) is 47.5 Å². The maximum atomic E-state index is 13.3. The molecule has 5 rings (SSSR count). The molecule has 1 aliphatic carbocycles. The SMILES string of the molecule is COc1ccc(N2CCN(C)CC2)c2c1CCC(C(=O)Nc1ccc(N3CCOCC3)cc1)C2. The normalized spacial score (nSPS) is 21.2. The largest absolute Gasteiger partial charge is 0.496 e. The van der Waals surface area contributed by atoms with Gasteiger partial charge in [-0.2, -0.15) is 0 Å². The summed E-state index contributed by atoms with van der Waals surface area (Å²) in [7, 11) is 3.92. The highest BCUT2D eigenvalue weighted by Gasteiger charge is 2.30. The average Bonchev–Trinajstić information content (AvgIpc) is 2.89. The number of benzene rings is 2. The molecule has 1 amide bonds. The maximum Gasteiger partial charge on any atom is 0.227 e. The zero-order valence-corrected chi connectivity index (χ0v) is 20.4. The molecular formula is C27H36N4O3. The van der Waals surface area contributed by atoms with Crippen LogP contribution in [0.15, 0.2) is 36.4 Å². The Kier molecular flexibility index (Phi) is 6.92. The Labute approximate surface area is 202 Å². The molecule has 1 unspecified atom stereocenters. The molecule has 2 heterocycles. The predicted octanol–water partition coefficient (Wildman–Crippen LogP) is 3.03. The van der Waals surface area contributed by atoms with Crippen LogP contribution in [0.2, 0.25) is 0 Å². The summed E-state index contributed by atoms with van der Waals surface area (Å²) in [6.45, 7) is 7.50. The van der Waals surface area contributed by atoms with Gasteiger partial charge in [0.1, 0.15) is 5.75 Å². The number of fused-ring (bicyclic) bond motifs is 1. The first-order valence-corrected chi connectivity index (χ1v) is 12.5. The monoisotopic (exact) mass is 464 g/mol. The molecule has 2 fully saturated rings. The van der Waals surface area contributed by atoms with Crippen LogP contribution in [-0.4, -0.2) is 77.4 Å². The number of hydrogen-bond acceptors (Lipinski definition) is 6. The minimum Gasteiger partial charge on any atom is -0.496 e. The molecule has 0 bridgehead atoms. The number of nitrogens with one attached hydrogen (secondary N) is 1. The van der Waals surface area contributed by atoms with E-state index in [9.17, 15) is 4.79 Å². The standard InChI is InChI=1S/C27H36N4O3/c1-29-11-13-31(14-12-29)25-9-10-26(33-2)23-8-3-20(19-24(23)25)27(32)28-21-4-6-22(7-5-21)30-15-17-34-18-16-30/h4-7,9-10,20H,3,8,11-19H2,1-2H3,(H,28,32). The van der Waals surface area contributed by atoms with Gasteiger partial charge in [0.25, 0.3) is 0 Å². The van der Waals surface area contributed by atoms with Crippen molar-refractivity contribution >= 4 is 23.0 Å². The number of rotatable bonds is 5. The van der Waals surface area contributed by atoms with E-state index < -0.39 is 0 Å². The summed E-state index contributed by atoms with van der Waals surface area (Å²) in [6.07, 6.45) is 2.47. The molecule has 7 nitrogen and oxygen atoms in total. The van der Waals surface area contributed by atoms with Gasteiger partial charge >= 0.3 is 0 Å². The van der Waals surface area contributed by atoms with E-state index in [0.717, 1.165) is 83.2 Å². The van der Waals surface area contributed by atoms with Crippen molar-refractivity contribution in [3.8, 4) is 5.75 Å². The van der Waals surface area contributed by atoms with Crippen molar-refractivity contribution in [2.75, 3.05) is 81.8 Å². The van der Waals surface area contributed by atoms with Crippen LogP contribution >= 0.6 is 0 Å². The van der Waals surface area contributed by atoms with E-state index in [2.05, 4.69) is 51.3 Å². The molecule has 2 saturated heterocycles. The third kappa shape index (κ3) is 4.86. The Bertz CT molecular complexity index is 996. The first kappa shape index (κ1) is 23.0. The quantitative estimate of drug-likeness (QED) is 0.734. The summed E-state index contributed by atoms with van der Waals surface area (Å²) in [5.41, 5.74) is 5.88. The number of piperazine rings is 1. The number of ether oxygens (including phenoxy) is 2. The van der Waals surface area contributed by atoms with E-state index in [-0.39, 0.29) is 11.8 Å². The van der Waals surface area contributed by atoms with Gasteiger partial charge in [0.15, 0.2) is 0 Å². The molecule has 0 saturated carbocycles. The number of nitrogens with zero attached hydrogens (tertiary/aromatic N) is 3. The van der Waals surface area contributed by atoms with E-state index in [1.165, 1.54) is 22.5 Å². The Morgan fingerprint density at radius 1 is 0.941 bits per heavy atom. The first-order chi connectivity index (χ1) is 16.6. The van der Waals surface area contributed by atoms with Crippen LogP contribution in [0.5, 0.6) is 5.75 Å². The van der Waals surface area contributed by atoms with Gasteiger partial charge in [0.2, 0.25) is 5.91 Å². The second kappa shape index (κ2) is 10.2. The highest BCUT2D eigenvalue weighted by molar-refractivity contribution is 5.93. The lowest BCUT2D eigenvalue weighted by Gasteiger charge is -2.37. The van der Waals surface area contributed by atoms with Gasteiger partial charge in [0, 0.05) is 62.2 Å². The summed E-state index contributed by atoms with van der Waals surface area (Å²) < 4.78 is 11.1. The van der Waals surface area contributed by atoms with Crippen molar-refractivity contribution in [2.24, 2.45) is 5.92 Å². The summed E-state index contributed by atoms with van der Waals surface area (Å²) >= 11 is 0. The van der Waals surface area contributed by atoms with Gasteiger partial charge < -0.3 is 29.5 Å². The smallest absolute Gasteiger partial charge is 0.227 e. The lowest BCUT2D eigenvalue weighted by molar-refractivity contribution is -0.120. The van der Waals surface area contributed by atoms with Gasteiger partial charge in [-0.25, -0.2) is 0 Å². The third-order valence-electron chi connectivity index (χ3n) is 7.50. The fourth-order valence-corrected chi connectivity index (χ4v) is 5.41. The molecule has 3 aliphatic rings. The van der Waals surface area contributed by atoms with Crippen LogP contribution in [0.4, 0.5) is 17.1 Å². The van der Waals surface area contributed by atoms with Gasteiger partial charge in [-0.15, -0.1) is 0 Å². The van der Waals surface area contributed by atoms with Crippen LogP contribution in [-0.2, 0) is 22.4 Å². The predicted molar refractivity (Wildman–Crippen MR) is 136 cm³/mol. The van der Waals surface area contributed by atoms with Crippen molar-refractivity contribution in [2.45, 2.75) is 19.3 Å². The number of hydrogen-bond donors (Lipinski definition) is 1. The number of likely N-dealkylation sites (N-methyl/N-ethyl adjacent to an activating group) is 1. The molecule has 34 heavy (non-hydrogen) atoms. The Balaban J connectivity index is 1.29. The lowest BCUT2D eigenvalue weighted by Crippen LogP contribution is -2.45. The van der Waals surface area contributed by atoms with Gasteiger partial charge in [-0.1, -0.05) is 0 Å². The average molecular weight is 465 g/mol. The van der Waals surface area contributed by atoms with Crippen LogP contribution in [0.1, 0.15) is 17.5 Å². The topological polar surface area (TPSA) is 57.3 Å². The Hall–Kier alpha value is -2.77. The fourth-order valence-electron chi connectivity index (χ4n) is 5.41. The fraction of sp³-hybridized carbons (Fsp3) is 0.519. The minimum atomic E-state index is -0.0373. The molecule has 1 N–H and O–H groups in total. The van der Waals surface area contributed by atoms with Crippen molar-refractivity contribution in [1.82, 2.24) is 4.90 Å². The highest BCUT2D eigenvalue weighted by Crippen LogP contribution is 2.39. The van der Waals surface area contributed by atoms with Crippen LogP contribution < -0.4 is 19.9 Å². The van der Waals surface area contributed by atoms with Crippen molar-refractivity contribution in [1.29, 1.82) is 0 Å². The number of morpholine rings is 1. The highest BCUT2D eigenvalue weighted by atomic mass is 16.5. The van der Waals surface area contributed by atoms with Crippen LogP contribution in [0, 0.1) is 5.92 Å². The molecule has 2 aromatic carbocycles. The number of anilines is 3. The van der Waals surface area contributed by atoms with E-state index in [0.29, 0.717) is 0 Å². The molecule has 2 aliphatic heterocycles. The van der Waals surface area contributed by atoms with E-state index in [4.69, 9.17) is 9.47 Å². The number of carbonyl (C=O) groups is 1. The second-order valence-corrected chi connectivity index (χ2v) is 9.61. The van der Waals surface area contributed by atoms with E-state index >= 15 is 0 Å². The molecular weight excluding hydrogens is 428 g/mol. The maximum absolute atomic E-state index is 13.3. The van der Waals surface area contributed by atoms with Crippen molar-refractivity contribution < 1.29 is 14.3 Å². The number of amides is 1. The van der Waals surface area contributed by atoms with Crippen molar-refractivity contribution in [3.63, 3.8) is 0 Å². The minimum absolute atomic E-state index is 0.0373. The van der Waals surface area contributed by atoms with E-state index in [1.54, 1.807) is 7.11 Å². The van der Waals surface area contributed by atoms with Gasteiger partial charge in [-0.05, 0) is 73.8 Å². The van der Waals surface area contributed by atoms with Crippen LogP contribution in [0.3, 0.4) is 0 Å². The zero-order chi connectivity index (χ0) is 23.5.